The Morgan fingerprint density at radius 2 is 1.11 bits per heavy atom. The van der Waals surface area contributed by atoms with Gasteiger partial charge in [0.05, 0.1) is 6.04 Å². The van der Waals surface area contributed by atoms with E-state index in [2.05, 4.69) is 118 Å². The van der Waals surface area contributed by atoms with Crippen LogP contribution in [-0.4, -0.2) is 0 Å². The summed E-state index contributed by atoms with van der Waals surface area (Å²) in [7, 11) is 0. The third-order valence-corrected chi connectivity index (χ3v) is 6.59. The van der Waals surface area contributed by atoms with Crippen LogP contribution in [-0.2, 0) is 0 Å². The van der Waals surface area contributed by atoms with Gasteiger partial charge in [0.2, 0.25) is 0 Å². The van der Waals surface area contributed by atoms with Gasteiger partial charge in [0, 0.05) is 20.0 Å². The lowest BCUT2D eigenvalue weighted by molar-refractivity contribution is 0.973. The van der Waals surface area contributed by atoms with E-state index in [9.17, 15) is 0 Å². The van der Waals surface area contributed by atoms with Gasteiger partial charge in [-0.2, -0.15) is 0 Å². The summed E-state index contributed by atoms with van der Waals surface area (Å²) in [6, 6.07) is 34.7. The van der Waals surface area contributed by atoms with Crippen molar-refractivity contribution in [1.82, 2.24) is 0 Å². The summed E-state index contributed by atoms with van der Waals surface area (Å²) in [4.78, 5) is 2.47. The Morgan fingerprint density at radius 3 is 1.68 bits per heavy atom. The molecule has 0 aliphatic heterocycles. The lowest BCUT2D eigenvalue weighted by Gasteiger charge is -2.17. The summed E-state index contributed by atoms with van der Waals surface area (Å²) in [6.07, 6.45) is 0. The van der Waals surface area contributed by atoms with Crippen molar-refractivity contribution in [3.05, 3.63) is 113 Å². The maximum absolute atomic E-state index is 3.74. The first-order chi connectivity index (χ1) is 13.8. The molecule has 1 N–H and O–H groups in total. The van der Waals surface area contributed by atoms with Crippen LogP contribution >= 0.6 is 27.7 Å². The molecule has 4 aromatic carbocycles. The van der Waals surface area contributed by atoms with Crippen LogP contribution in [0.15, 0.2) is 111 Å². The van der Waals surface area contributed by atoms with Crippen molar-refractivity contribution in [2.75, 3.05) is 5.32 Å². The van der Waals surface area contributed by atoms with Gasteiger partial charge in [-0.05, 0) is 70.8 Å². The van der Waals surface area contributed by atoms with E-state index < -0.39 is 0 Å². The van der Waals surface area contributed by atoms with Gasteiger partial charge in [-0.3, -0.25) is 0 Å². The lowest BCUT2D eigenvalue weighted by Crippen LogP contribution is -2.09. The van der Waals surface area contributed by atoms with E-state index in [-0.39, 0.29) is 6.04 Å². The minimum Gasteiger partial charge on any atom is -0.374 e. The average molecular weight is 444 g/mol. The maximum atomic E-state index is 3.74. The molecule has 4 aromatic rings. The third kappa shape index (κ3) is 3.36. The monoisotopic (exact) mass is 443 g/mol. The number of rotatable bonds is 4. The molecular weight excluding hydrogens is 426 g/mol. The number of halogens is 1. The SMILES string of the molecule is Brc1ccc(Sc2ccc(NC3c4ccccc4-c4ccccc43)cc2)cc1. The van der Waals surface area contributed by atoms with Gasteiger partial charge in [-0.15, -0.1) is 0 Å². The first kappa shape index (κ1) is 17.6. The molecule has 0 saturated heterocycles. The average Bonchev–Trinajstić information content (AvgIpc) is 3.05. The quantitative estimate of drug-likeness (QED) is 0.345. The highest BCUT2D eigenvalue weighted by atomic mass is 79.9. The Morgan fingerprint density at radius 1 is 0.607 bits per heavy atom. The van der Waals surface area contributed by atoms with Crippen LogP contribution in [0.25, 0.3) is 11.1 Å². The molecule has 28 heavy (non-hydrogen) atoms. The smallest absolute Gasteiger partial charge is 0.0779 e. The first-order valence-electron chi connectivity index (χ1n) is 9.26. The van der Waals surface area contributed by atoms with E-state index in [0.29, 0.717) is 0 Å². The summed E-state index contributed by atoms with van der Waals surface area (Å²) in [5.74, 6) is 0. The number of benzene rings is 4. The Kier molecular flexibility index (Phi) is 4.71. The van der Waals surface area contributed by atoms with Crippen LogP contribution in [0.5, 0.6) is 0 Å². The van der Waals surface area contributed by atoms with E-state index in [1.807, 2.05) is 0 Å². The molecule has 0 heterocycles. The molecule has 136 valence electrons. The maximum Gasteiger partial charge on any atom is 0.0779 e. The van der Waals surface area contributed by atoms with E-state index in [0.717, 1.165) is 10.2 Å². The number of hydrogen-bond donors (Lipinski definition) is 1. The van der Waals surface area contributed by atoms with Gasteiger partial charge in [-0.25, -0.2) is 0 Å². The van der Waals surface area contributed by atoms with Gasteiger partial charge in [0.1, 0.15) is 0 Å². The zero-order valence-electron chi connectivity index (χ0n) is 15.1. The van der Waals surface area contributed by atoms with Gasteiger partial charge in [-0.1, -0.05) is 76.2 Å². The topological polar surface area (TPSA) is 12.0 Å². The lowest BCUT2D eigenvalue weighted by atomic mass is 10.1. The molecule has 3 heteroatoms. The fourth-order valence-corrected chi connectivity index (χ4v) is 4.82. The van der Waals surface area contributed by atoms with Gasteiger partial charge < -0.3 is 5.32 Å². The van der Waals surface area contributed by atoms with Crippen LogP contribution in [0.4, 0.5) is 5.69 Å². The molecule has 0 aromatic heterocycles. The second-order valence-corrected chi connectivity index (χ2v) is 8.89. The third-order valence-electron chi connectivity index (χ3n) is 5.05. The van der Waals surface area contributed by atoms with Crippen molar-refractivity contribution >= 4 is 33.4 Å². The summed E-state index contributed by atoms with van der Waals surface area (Å²) in [6.45, 7) is 0. The second-order valence-electron chi connectivity index (χ2n) is 6.83. The molecular formula is C25H18BrNS. The summed E-state index contributed by atoms with van der Waals surface area (Å²) < 4.78 is 1.11. The zero-order chi connectivity index (χ0) is 18.9. The van der Waals surface area contributed by atoms with Gasteiger partial charge >= 0.3 is 0 Å². The van der Waals surface area contributed by atoms with Crippen molar-refractivity contribution < 1.29 is 0 Å². The molecule has 5 rings (SSSR count). The van der Waals surface area contributed by atoms with Crippen LogP contribution < -0.4 is 5.32 Å². The van der Waals surface area contributed by atoms with Crippen molar-refractivity contribution in [1.29, 1.82) is 0 Å². The minimum atomic E-state index is 0.192. The number of nitrogens with one attached hydrogen (secondary N) is 1. The molecule has 0 radical (unpaired) electrons. The Balaban J connectivity index is 1.39. The molecule has 0 unspecified atom stereocenters. The Bertz CT molecular complexity index is 1070. The van der Waals surface area contributed by atoms with Crippen LogP contribution in [0, 0.1) is 0 Å². The predicted octanol–water partition coefficient (Wildman–Crippen LogP) is 7.78. The summed E-state index contributed by atoms with van der Waals surface area (Å²) in [5, 5.41) is 3.74. The molecule has 1 aliphatic rings. The predicted molar refractivity (Wildman–Crippen MR) is 122 cm³/mol. The first-order valence-corrected chi connectivity index (χ1v) is 10.9. The van der Waals surface area contributed by atoms with E-state index >= 15 is 0 Å². The van der Waals surface area contributed by atoms with E-state index in [4.69, 9.17) is 0 Å². The molecule has 0 bridgehead atoms. The van der Waals surface area contributed by atoms with Gasteiger partial charge in [0.25, 0.3) is 0 Å². The van der Waals surface area contributed by atoms with E-state index in [1.54, 1.807) is 11.8 Å². The molecule has 0 saturated carbocycles. The molecule has 0 atom stereocenters. The fourth-order valence-electron chi connectivity index (χ4n) is 3.74. The van der Waals surface area contributed by atoms with Crippen LogP contribution in [0.3, 0.4) is 0 Å². The highest BCUT2D eigenvalue weighted by Gasteiger charge is 2.27. The molecule has 0 fully saturated rings. The highest BCUT2D eigenvalue weighted by molar-refractivity contribution is 9.10. The summed E-state index contributed by atoms with van der Waals surface area (Å²) >= 11 is 5.26. The standard InChI is InChI=1S/C25H18BrNS/c26-17-9-13-19(14-10-17)28-20-15-11-18(12-16-20)27-25-23-7-3-1-5-21(23)22-6-2-4-8-24(22)25/h1-16,25,27H. The van der Waals surface area contributed by atoms with Crippen LogP contribution in [0.1, 0.15) is 17.2 Å². The fraction of sp³-hybridized carbons (Fsp3) is 0.0400. The molecule has 0 spiro atoms. The van der Waals surface area contributed by atoms with E-state index in [1.165, 1.54) is 32.0 Å². The van der Waals surface area contributed by atoms with Crippen molar-refractivity contribution in [3.63, 3.8) is 0 Å². The molecule has 0 amide bonds. The van der Waals surface area contributed by atoms with Crippen LogP contribution in [0.2, 0.25) is 0 Å². The largest absolute Gasteiger partial charge is 0.374 e. The molecule has 1 aliphatic carbocycles. The number of anilines is 1. The van der Waals surface area contributed by atoms with Crippen molar-refractivity contribution in [2.45, 2.75) is 15.8 Å². The number of hydrogen-bond acceptors (Lipinski definition) is 2. The van der Waals surface area contributed by atoms with Crippen molar-refractivity contribution in [3.8, 4) is 11.1 Å². The second kappa shape index (κ2) is 7.50. The molecule has 1 nitrogen and oxygen atoms in total. The van der Waals surface area contributed by atoms with Crippen molar-refractivity contribution in [2.24, 2.45) is 0 Å². The highest BCUT2D eigenvalue weighted by Crippen LogP contribution is 2.44. The Hall–Kier alpha value is -2.49. The normalized spacial score (nSPS) is 12.5. The summed E-state index contributed by atoms with van der Waals surface area (Å²) in [5.41, 5.74) is 6.49. The van der Waals surface area contributed by atoms with Gasteiger partial charge in [0.15, 0.2) is 0 Å². The zero-order valence-corrected chi connectivity index (χ0v) is 17.5. The number of fused-ring (bicyclic) bond motifs is 3. The minimum absolute atomic E-state index is 0.192. The Labute approximate surface area is 178 Å².